The number of nitrogens with zero attached hydrogens (tertiary/aromatic N) is 3. The van der Waals surface area contributed by atoms with E-state index in [-0.39, 0.29) is 4.90 Å². The monoisotopic (exact) mass is 429 g/mol. The minimum absolute atomic E-state index is 0.231. The molecule has 0 aliphatic carbocycles. The van der Waals surface area contributed by atoms with Gasteiger partial charge in [0, 0.05) is 24.1 Å². The molecule has 0 amide bonds. The smallest absolute Gasteiger partial charge is 0.191 e. The summed E-state index contributed by atoms with van der Waals surface area (Å²) in [4.78, 5) is 0.231. The molecule has 8 heteroatoms. The van der Waals surface area contributed by atoms with Crippen LogP contribution in [0.2, 0.25) is 0 Å². The molecule has 1 heterocycles. The van der Waals surface area contributed by atoms with Crippen molar-refractivity contribution in [1.29, 1.82) is 0 Å². The van der Waals surface area contributed by atoms with Gasteiger partial charge in [0.2, 0.25) is 0 Å². The Morgan fingerprint density at radius 3 is 2.55 bits per heavy atom. The number of sulfone groups is 1. The van der Waals surface area contributed by atoms with E-state index in [1.54, 1.807) is 18.2 Å². The molecule has 3 aromatic rings. The summed E-state index contributed by atoms with van der Waals surface area (Å²) >= 11 is 1.39. The van der Waals surface area contributed by atoms with Crippen LogP contribution in [0.3, 0.4) is 0 Å². The van der Waals surface area contributed by atoms with Gasteiger partial charge in [-0.15, -0.1) is 16.8 Å². The van der Waals surface area contributed by atoms with Gasteiger partial charge >= 0.3 is 0 Å². The maximum Gasteiger partial charge on any atom is 0.191 e. The highest BCUT2D eigenvalue weighted by atomic mass is 32.2. The van der Waals surface area contributed by atoms with E-state index in [1.807, 2.05) is 29.7 Å². The lowest BCUT2D eigenvalue weighted by Crippen LogP contribution is -2.05. The van der Waals surface area contributed by atoms with Crippen LogP contribution in [0.1, 0.15) is 17.2 Å². The second kappa shape index (κ2) is 8.94. The molecular formula is C21H23N3O3S2. The molecule has 0 spiro atoms. The van der Waals surface area contributed by atoms with Crippen molar-refractivity contribution in [3.05, 3.63) is 72.3 Å². The zero-order valence-electron chi connectivity index (χ0n) is 16.3. The molecule has 152 valence electrons. The topological polar surface area (TPSA) is 85.1 Å². The van der Waals surface area contributed by atoms with E-state index in [0.29, 0.717) is 23.0 Å². The quantitative estimate of drug-likeness (QED) is 0.434. The van der Waals surface area contributed by atoms with E-state index in [4.69, 9.17) is 0 Å². The number of aromatic nitrogens is 3. The average Bonchev–Trinajstić information content (AvgIpc) is 3.08. The minimum Gasteiger partial charge on any atom is -0.388 e. The summed E-state index contributed by atoms with van der Waals surface area (Å²) in [6.07, 6.45) is 2.18. The lowest BCUT2D eigenvalue weighted by molar-refractivity contribution is 0.204. The maximum absolute atomic E-state index is 11.6. The first-order valence-corrected chi connectivity index (χ1v) is 11.9. The predicted molar refractivity (Wildman–Crippen MR) is 116 cm³/mol. The number of aliphatic hydroxyl groups excluding tert-OH is 1. The van der Waals surface area contributed by atoms with Gasteiger partial charge in [-0.1, -0.05) is 53.7 Å². The van der Waals surface area contributed by atoms with Gasteiger partial charge in [0.25, 0.3) is 0 Å². The molecule has 6 nitrogen and oxygen atoms in total. The Bertz CT molecular complexity index is 1110. The van der Waals surface area contributed by atoms with E-state index in [0.717, 1.165) is 23.2 Å². The van der Waals surface area contributed by atoms with Crippen LogP contribution in [0.15, 0.2) is 71.2 Å². The van der Waals surface area contributed by atoms with Gasteiger partial charge in [0.05, 0.1) is 11.0 Å². The number of benzene rings is 2. The lowest BCUT2D eigenvalue weighted by Gasteiger charge is -2.12. The Morgan fingerprint density at radius 1 is 1.21 bits per heavy atom. The molecule has 29 heavy (non-hydrogen) atoms. The molecular weight excluding hydrogens is 406 g/mol. The Kier molecular flexibility index (Phi) is 6.56. The predicted octanol–water partition coefficient (Wildman–Crippen LogP) is 3.67. The highest BCUT2D eigenvalue weighted by molar-refractivity contribution is 7.99. The highest BCUT2D eigenvalue weighted by Crippen LogP contribution is 2.28. The van der Waals surface area contributed by atoms with Crippen LogP contribution in [-0.4, -0.2) is 40.3 Å². The van der Waals surface area contributed by atoms with Gasteiger partial charge < -0.3 is 5.11 Å². The fourth-order valence-electron chi connectivity index (χ4n) is 2.87. The number of thioether (sulfide) groups is 1. The van der Waals surface area contributed by atoms with Crippen LogP contribution in [0, 0.1) is 6.92 Å². The Balaban J connectivity index is 1.77. The Labute approximate surface area is 175 Å². The van der Waals surface area contributed by atoms with E-state index in [9.17, 15) is 13.5 Å². The van der Waals surface area contributed by atoms with Crippen molar-refractivity contribution in [2.24, 2.45) is 0 Å². The van der Waals surface area contributed by atoms with Crippen molar-refractivity contribution >= 4 is 21.6 Å². The molecule has 0 aliphatic rings. The fourth-order valence-corrected chi connectivity index (χ4v) is 4.42. The largest absolute Gasteiger partial charge is 0.388 e. The summed E-state index contributed by atoms with van der Waals surface area (Å²) < 4.78 is 25.1. The van der Waals surface area contributed by atoms with Crippen LogP contribution in [0.5, 0.6) is 0 Å². The molecule has 0 radical (unpaired) electrons. The van der Waals surface area contributed by atoms with Gasteiger partial charge in [0.1, 0.15) is 0 Å². The maximum atomic E-state index is 11.6. The standard InChI is InChI=1S/C21H23N3O3S2/c1-4-12-24-20(17-7-5-6-15(2)13-17)22-23-21(24)28-14-19(25)16-8-10-18(11-9-16)29(3,26)27/h4-11,13,19,25H,1,12,14H2,2-3H3. The van der Waals surface area contributed by atoms with Crippen LogP contribution >= 0.6 is 11.8 Å². The highest BCUT2D eigenvalue weighted by Gasteiger charge is 2.17. The number of allylic oxidation sites excluding steroid dienone is 1. The number of hydrogen-bond acceptors (Lipinski definition) is 6. The van der Waals surface area contributed by atoms with Crippen molar-refractivity contribution in [3.63, 3.8) is 0 Å². The third kappa shape index (κ3) is 5.14. The minimum atomic E-state index is -3.26. The Hall–Kier alpha value is -2.42. The van der Waals surface area contributed by atoms with Crippen molar-refractivity contribution < 1.29 is 13.5 Å². The van der Waals surface area contributed by atoms with Crippen LogP contribution < -0.4 is 0 Å². The SMILES string of the molecule is C=CCn1c(SCC(O)c2ccc(S(C)(=O)=O)cc2)nnc1-c1cccc(C)c1. The molecule has 1 N–H and O–H groups in total. The first-order valence-electron chi connectivity index (χ1n) is 9.01. The van der Waals surface area contributed by atoms with Gasteiger partial charge in [-0.05, 0) is 30.7 Å². The molecule has 0 bridgehead atoms. The van der Waals surface area contributed by atoms with Gasteiger partial charge in [-0.2, -0.15) is 0 Å². The third-order valence-corrected chi connectivity index (χ3v) is 6.54. The van der Waals surface area contributed by atoms with Crippen LogP contribution in [0.25, 0.3) is 11.4 Å². The van der Waals surface area contributed by atoms with Crippen molar-refractivity contribution in [3.8, 4) is 11.4 Å². The van der Waals surface area contributed by atoms with E-state index < -0.39 is 15.9 Å². The zero-order chi connectivity index (χ0) is 21.0. The number of hydrogen-bond donors (Lipinski definition) is 1. The number of aliphatic hydroxyl groups is 1. The molecule has 1 atom stereocenters. The van der Waals surface area contributed by atoms with E-state index in [1.165, 1.54) is 23.9 Å². The molecule has 0 fully saturated rings. The fraction of sp³-hybridized carbons (Fsp3) is 0.238. The summed E-state index contributed by atoms with van der Waals surface area (Å²) in [7, 11) is -3.26. The van der Waals surface area contributed by atoms with E-state index in [2.05, 4.69) is 22.8 Å². The van der Waals surface area contributed by atoms with Crippen molar-refractivity contribution in [1.82, 2.24) is 14.8 Å². The molecule has 3 rings (SSSR count). The summed E-state index contributed by atoms with van der Waals surface area (Å²) in [6, 6.07) is 14.3. The molecule has 1 aromatic heterocycles. The van der Waals surface area contributed by atoms with Gasteiger partial charge in [-0.25, -0.2) is 8.42 Å². The van der Waals surface area contributed by atoms with Gasteiger partial charge in [0.15, 0.2) is 20.8 Å². The van der Waals surface area contributed by atoms with E-state index >= 15 is 0 Å². The second-order valence-corrected chi connectivity index (χ2v) is 9.75. The molecule has 2 aromatic carbocycles. The first kappa shape index (κ1) is 21.3. The first-order chi connectivity index (χ1) is 13.8. The molecule has 0 saturated carbocycles. The van der Waals surface area contributed by atoms with Crippen LogP contribution in [-0.2, 0) is 16.4 Å². The summed E-state index contributed by atoms with van der Waals surface area (Å²) in [5.41, 5.74) is 2.76. The molecule has 1 unspecified atom stereocenters. The van der Waals surface area contributed by atoms with Crippen LogP contribution in [0.4, 0.5) is 0 Å². The summed E-state index contributed by atoms with van der Waals surface area (Å²) in [5.74, 6) is 1.12. The zero-order valence-corrected chi connectivity index (χ0v) is 17.9. The number of aryl methyl sites for hydroxylation is 1. The number of rotatable bonds is 8. The Morgan fingerprint density at radius 2 is 1.93 bits per heavy atom. The van der Waals surface area contributed by atoms with Crippen molar-refractivity contribution in [2.75, 3.05) is 12.0 Å². The lowest BCUT2D eigenvalue weighted by atomic mass is 10.1. The summed E-state index contributed by atoms with van der Waals surface area (Å²) in [5, 5.41) is 19.8. The van der Waals surface area contributed by atoms with Crippen molar-refractivity contribution in [2.45, 2.75) is 29.6 Å². The van der Waals surface area contributed by atoms with Gasteiger partial charge in [-0.3, -0.25) is 4.57 Å². The normalized spacial score (nSPS) is 12.7. The molecule has 0 aliphatic heterocycles. The average molecular weight is 430 g/mol. The molecule has 0 saturated heterocycles. The summed E-state index contributed by atoms with van der Waals surface area (Å²) in [6.45, 7) is 6.40. The second-order valence-electron chi connectivity index (χ2n) is 6.74. The third-order valence-electron chi connectivity index (χ3n) is 4.37.